The van der Waals surface area contributed by atoms with Crippen LogP contribution in [-0.2, 0) is 0 Å². The third kappa shape index (κ3) is 3.30. The van der Waals surface area contributed by atoms with Gasteiger partial charge in [-0.15, -0.1) is 0 Å². The minimum atomic E-state index is -0.310. The zero-order chi connectivity index (χ0) is 13.0. The molecule has 0 spiro atoms. The van der Waals surface area contributed by atoms with Gasteiger partial charge in [0, 0.05) is 10.2 Å². The average molecular weight is 306 g/mol. The van der Waals surface area contributed by atoms with Gasteiger partial charge in [0.05, 0.1) is 5.69 Å². The molecule has 0 unspecified atom stereocenters. The second-order valence-corrected chi connectivity index (χ2v) is 4.56. The molecule has 0 atom stereocenters. The van der Waals surface area contributed by atoms with Gasteiger partial charge in [-0.05, 0) is 47.1 Å². The number of aryl methyl sites for hydroxylation is 1. The monoisotopic (exact) mass is 305 g/mol. The largest absolute Gasteiger partial charge is 0.324 e. The number of anilines is 2. The van der Waals surface area contributed by atoms with E-state index in [-0.39, 0.29) is 6.03 Å². The van der Waals surface area contributed by atoms with Crippen LogP contribution >= 0.6 is 15.9 Å². The van der Waals surface area contributed by atoms with Gasteiger partial charge in [-0.1, -0.05) is 18.2 Å². The second-order valence-electron chi connectivity index (χ2n) is 3.71. The number of nitrogens with zero attached hydrogens (tertiary/aromatic N) is 1. The molecule has 0 radical (unpaired) electrons. The first-order valence-corrected chi connectivity index (χ1v) is 6.20. The van der Waals surface area contributed by atoms with Gasteiger partial charge in [0.25, 0.3) is 0 Å². The number of amides is 2. The number of benzene rings is 1. The third-order valence-electron chi connectivity index (χ3n) is 2.29. The molecule has 2 amide bonds. The van der Waals surface area contributed by atoms with Crippen LogP contribution in [0.15, 0.2) is 46.9 Å². The molecule has 0 fully saturated rings. The molecule has 4 nitrogen and oxygen atoms in total. The van der Waals surface area contributed by atoms with Gasteiger partial charge in [-0.3, -0.25) is 5.32 Å². The van der Waals surface area contributed by atoms with Crippen LogP contribution in [0.2, 0.25) is 0 Å². The molecule has 0 aliphatic rings. The fraction of sp³-hybridized carbons (Fsp3) is 0.0769. The predicted octanol–water partition coefficient (Wildman–Crippen LogP) is 3.80. The van der Waals surface area contributed by atoms with E-state index in [1.807, 2.05) is 43.3 Å². The summed E-state index contributed by atoms with van der Waals surface area (Å²) in [6.45, 7) is 1.87. The summed E-state index contributed by atoms with van der Waals surface area (Å²) in [6, 6.07) is 12.5. The highest BCUT2D eigenvalue weighted by molar-refractivity contribution is 9.10. The van der Waals surface area contributed by atoms with Crippen LogP contribution in [0.5, 0.6) is 0 Å². The van der Waals surface area contributed by atoms with E-state index in [1.54, 1.807) is 6.07 Å². The van der Waals surface area contributed by atoms with E-state index in [4.69, 9.17) is 0 Å². The van der Waals surface area contributed by atoms with Crippen LogP contribution in [0.4, 0.5) is 16.3 Å². The number of hydrogen-bond donors (Lipinski definition) is 2. The molecule has 2 rings (SSSR count). The summed E-state index contributed by atoms with van der Waals surface area (Å²) in [4.78, 5) is 15.9. The van der Waals surface area contributed by atoms with E-state index in [1.165, 1.54) is 0 Å². The lowest BCUT2D eigenvalue weighted by atomic mass is 10.3. The van der Waals surface area contributed by atoms with Crippen molar-refractivity contribution in [1.82, 2.24) is 4.98 Å². The van der Waals surface area contributed by atoms with Gasteiger partial charge in [0.1, 0.15) is 5.82 Å². The van der Waals surface area contributed by atoms with Gasteiger partial charge in [0.15, 0.2) is 0 Å². The Morgan fingerprint density at radius 2 is 1.83 bits per heavy atom. The summed E-state index contributed by atoms with van der Waals surface area (Å²) >= 11 is 3.36. The SMILES string of the molecule is Cc1nc(NC(=O)Nc2ccccc2)ccc1Br. The van der Waals surface area contributed by atoms with Crippen LogP contribution in [0, 0.1) is 6.92 Å². The fourth-order valence-corrected chi connectivity index (χ4v) is 1.63. The number of carbonyl (C=O) groups is 1. The highest BCUT2D eigenvalue weighted by Crippen LogP contribution is 2.16. The quantitative estimate of drug-likeness (QED) is 0.886. The van der Waals surface area contributed by atoms with Crippen molar-refractivity contribution >= 4 is 33.5 Å². The number of urea groups is 1. The molecule has 0 aliphatic carbocycles. The Labute approximate surface area is 114 Å². The molecule has 1 aromatic heterocycles. The van der Waals surface area contributed by atoms with E-state index in [9.17, 15) is 4.79 Å². The average Bonchev–Trinajstić information content (AvgIpc) is 2.35. The smallest absolute Gasteiger partial charge is 0.308 e. The van der Waals surface area contributed by atoms with Crippen LogP contribution in [0.25, 0.3) is 0 Å². The van der Waals surface area contributed by atoms with Crippen molar-refractivity contribution in [1.29, 1.82) is 0 Å². The Morgan fingerprint density at radius 3 is 2.50 bits per heavy atom. The number of pyridine rings is 1. The van der Waals surface area contributed by atoms with Crippen molar-refractivity contribution in [2.45, 2.75) is 6.92 Å². The zero-order valence-corrected chi connectivity index (χ0v) is 11.4. The highest BCUT2D eigenvalue weighted by Gasteiger charge is 2.04. The minimum Gasteiger partial charge on any atom is -0.308 e. The van der Waals surface area contributed by atoms with E-state index in [0.717, 1.165) is 15.9 Å². The summed E-state index contributed by atoms with van der Waals surface area (Å²) in [5.74, 6) is 0.518. The minimum absolute atomic E-state index is 0.310. The summed E-state index contributed by atoms with van der Waals surface area (Å²) < 4.78 is 0.913. The number of nitrogens with one attached hydrogen (secondary N) is 2. The van der Waals surface area contributed by atoms with Crippen molar-refractivity contribution in [3.8, 4) is 0 Å². The Kier molecular flexibility index (Phi) is 3.94. The maximum atomic E-state index is 11.7. The lowest BCUT2D eigenvalue weighted by Crippen LogP contribution is -2.20. The molecular weight excluding hydrogens is 294 g/mol. The maximum absolute atomic E-state index is 11.7. The topological polar surface area (TPSA) is 54.0 Å². The molecule has 18 heavy (non-hydrogen) atoms. The Balaban J connectivity index is 2.01. The van der Waals surface area contributed by atoms with Crippen molar-refractivity contribution in [3.05, 3.63) is 52.6 Å². The van der Waals surface area contributed by atoms with E-state index in [0.29, 0.717) is 5.82 Å². The summed E-state index contributed by atoms with van der Waals surface area (Å²) in [5.41, 5.74) is 1.57. The van der Waals surface area contributed by atoms with E-state index >= 15 is 0 Å². The molecule has 2 aromatic rings. The van der Waals surface area contributed by atoms with Gasteiger partial charge in [-0.2, -0.15) is 0 Å². The van der Waals surface area contributed by atoms with Gasteiger partial charge in [0.2, 0.25) is 0 Å². The number of halogens is 1. The zero-order valence-electron chi connectivity index (χ0n) is 9.77. The Bertz CT molecular complexity index is 557. The molecule has 0 saturated carbocycles. The van der Waals surface area contributed by atoms with Crippen molar-refractivity contribution in [2.75, 3.05) is 10.6 Å². The molecular formula is C13H12BrN3O. The van der Waals surface area contributed by atoms with Crippen molar-refractivity contribution in [3.63, 3.8) is 0 Å². The lowest BCUT2D eigenvalue weighted by molar-refractivity contribution is 0.262. The molecule has 0 aliphatic heterocycles. The first kappa shape index (κ1) is 12.6. The van der Waals surface area contributed by atoms with Crippen LogP contribution in [0.1, 0.15) is 5.69 Å². The Hall–Kier alpha value is -1.88. The maximum Gasteiger partial charge on any atom is 0.324 e. The highest BCUT2D eigenvalue weighted by atomic mass is 79.9. The fourth-order valence-electron chi connectivity index (χ4n) is 1.41. The van der Waals surface area contributed by atoms with Crippen LogP contribution in [-0.4, -0.2) is 11.0 Å². The van der Waals surface area contributed by atoms with Gasteiger partial charge >= 0.3 is 6.03 Å². The second kappa shape index (κ2) is 5.64. The van der Waals surface area contributed by atoms with Crippen LogP contribution < -0.4 is 10.6 Å². The normalized spacial score (nSPS) is 9.89. The van der Waals surface area contributed by atoms with Gasteiger partial charge in [-0.25, -0.2) is 9.78 Å². The summed E-state index contributed by atoms with van der Waals surface area (Å²) in [7, 11) is 0. The number of aromatic nitrogens is 1. The third-order valence-corrected chi connectivity index (χ3v) is 3.13. The van der Waals surface area contributed by atoms with Gasteiger partial charge < -0.3 is 5.32 Å². The number of rotatable bonds is 2. The lowest BCUT2D eigenvalue weighted by Gasteiger charge is -2.07. The molecule has 2 N–H and O–H groups in total. The Morgan fingerprint density at radius 1 is 1.11 bits per heavy atom. The first-order chi connectivity index (χ1) is 8.65. The standard InChI is InChI=1S/C13H12BrN3O/c1-9-11(14)7-8-12(15-9)17-13(18)16-10-5-3-2-4-6-10/h2-8H,1H3,(H2,15,16,17,18). The molecule has 0 bridgehead atoms. The molecule has 1 heterocycles. The first-order valence-electron chi connectivity index (χ1n) is 5.41. The molecule has 1 aromatic carbocycles. The van der Waals surface area contributed by atoms with E-state index in [2.05, 4.69) is 31.5 Å². The molecule has 92 valence electrons. The molecule has 0 saturated heterocycles. The van der Waals surface area contributed by atoms with Crippen molar-refractivity contribution < 1.29 is 4.79 Å². The summed E-state index contributed by atoms with van der Waals surface area (Å²) in [5, 5.41) is 5.40. The number of para-hydroxylation sites is 1. The number of carbonyl (C=O) groups excluding carboxylic acids is 1. The number of hydrogen-bond acceptors (Lipinski definition) is 2. The predicted molar refractivity (Wildman–Crippen MR) is 75.8 cm³/mol. The summed E-state index contributed by atoms with van der Waals surface area (Å²) in [6.07, 6.45) is 0. The molecule has 5 heteroatoms. The van der Waals surface area contributed by atoms with Crippen LogP contribution in [0.3, 0.4) is 0 Å². The van der Waals surface area contributed by atoms with Crippen molar-refractivity contribution in [2.24, 2.45) is 0 Å². The van der Waals surface area contributed by atoms with E-state index < -0.39 is 0 Å².